The van der Waals surface area contributed by atoms with Gasteiger partial charge in [-0.3, -0.25) is 9.78 Å². The topological polar surface area (TPSA) is 68.5 Å². The van der Waals surface area contributed by atoms with E-state index in [-0.39, 0.29) is 5.91 Å². The molecule has 6 heteroatoms. The number of piperidine rings is 1. The summed E-state index contributed by atoms with van der Waals surface area (Å²) in [5.74, 6) is 1.44. The molecule has 0 unspecified atom stereocenters. The minimum Gasteiger partial charge on any atom is -0.384 e. The molecule has 0 atom stereocenters. The molecule has 2 aromatic rings. The summed E-state index contributed by atoms with van der Waals surface area (Å²) < 4.78 is 10.4. The molecule has 3 heterocycles. The lowest BCUT2D eigenvalue weighted by molar-refractivity contribution is -0.133. The molecule has 140 valence electrons. The van der Waals surface area contributed by atoms with Gasteiger partial charge in [0.15, 0.2) is 0 Å². The molecule has 1 fully saturated rings. The zero-order chi connectivity index (χ0) is 18.5. The number of rotatable bonds is 6. The Hall–Kier alpha value is -2.21. The number of likely N-dealkylation sites (tertiary alicyclic amines) is 1. The largest absolute Gasteiger partial charge is 0.384 e. The Morgan fingerprint density at radius 1 is 1.35 bits per heavy atom. The van der Waals surface area contributed by atoms with Crippen LogP contribution in [0.15, 0.2) is 22.7 Å². The zero-order valence-electron chi connectivity index (χ0n) is 15.8. The normalized spacial score (nSPS) is 15.4. The molecule has 3 rings (SSSR count). The molecule has 1 amide bonds. The number of aryl methyl sites for hydroxylation is 2. The highest BCUT2D eigenvalue weighted by molar-refractivity contribution is 5.76. The molecule has 2 aromatic heterocycles. The summed E-state index contributed by atoms with van der Waals surface area (Å²) in [5.41, 5.74) is 3.91. The predicted molar refractivity (Wildman–Crippen MR) is 98.9 cm³/mol. The minimum atomic E-state index is 0.180. The first-order chi connectivity index (χ1) is 12.6. The Balaban J connectivity index is 1.70. The zero-order valence-corrected chi connectivity index (χ0v) is 15.8. The van der Waals surface area contributed by atoms with Crippen molar-refractivity contribution in [3.05, 3.63) is 35.3 Å². The lowest BCUT2D eigenvalue weighted by atomic mass is 9.92. The van der Waals surface area contributed by atoms with Crippen LogP contribution < -0.4 is 0 Å². The van der Waals surface area contributed by atoms with Gasteiger partial charge in [0.2, 0.25) is 5.91 Å². The van der Waals surface area contributed by atoms with Crippen molar-refractivity contribution < 1.29 is 14.1 Å². The molecule has 0 aliphatic carbocycles. The number of carbonyl (C=O) groups excluding carboxylic acids is 1. The Kier molecular flexibility index (Phi) is 6.04. The van der Waals surface area contributed by atoms with Crippen molar-refractivity contribution in [3.63, 3.8) is 0 Å². The van der Waals surface area contributed by atoms with E-state index in [0.717, 1.165) is 60.8 Å². The SMILES string of the molecule is CCc1onc(C)c1-c1cccc(C2CCN(C(=O)CCOC)CC2)n1. The van der Waals surface area contributed by atoms with E-state index in [1.54, 1.807) is 7.11 Å². The van der Waals surface area contributed by atoms with Crippen molar-refractivity contribution >= 4 is 5.91 Å². The number of hydrogen-bond donors (Lipinski definition) is 0. The van der Waals surface area contributed by atoms with Crippen LogP contribution in [0.4, 0.5) is 0 Å². The van der Waals surface area contributed by atoms with Gasteiger partial charge in [-0.15, -0.1) is 0 Å². The molecular formula is C20H27N3O3. The van der Waals surface area contributed by atoms with Gasteiger partial charge >= 0.3 is 0 Å². The van der Waals surface area contributed by atoms with Gasteiger partial charge in [-0.1, -0.05) is 18.1 Å². The van der Waals surface area contributed by atoms with Crippen LogP contribution in [0, 0.1) is 6.92 Å². The number of hydrogen-bond acceptors (Lipinski definition) is 5. The first-order valence-electron chi connectivity index (χ1n) is 9.33. The Labute approximate surface area is 154 Å². The molecule has 0 bridgehead atoms. The van der Waals surface area contributed by atoms with Crippen LogP contribution in [-0.4, -0.2) is 47.8 Å². The van der Waals surface area contributed by atoms with Crippen LogP contribution in [-0.2, 0) is 16.0 Å². The van der Waals surface area contributed by atoms with Crippen LogP contribution in [0.3, 0.4) is 0 Å². The van der Waals surface area contributed by atoms with Crippen molar-refractivity contribution in [3.8, 4) is 11.3 Å². The fourth-order valence-electron chi connectivity index (χ4n) is 3.58. The molecule has 6 nitrogen and oxygen atoms in total. The second-order valence-electron chi connectivity index (χ2n) is 6.77. The smallest absolute Gasteiger partial charge is 0.224 e. The molecule has 1 aliphatic heterocycles. The minimum absolute atomic E-state index is 0.180. The lowest BCUT2D eigenvalue weighted by Crippen LogP contribution is -2.38. The van der Waals surface area contributed by atoms with Crippen molar-refractivity contribution in [2.24, 2.45) is 0 Å². The maximum Gasteiger partial charge on any atom is 0.224 e. The summed E-state index contributed by atoms with van der Waals surface area (Å²) >= 11 is 0. The molecule has 0 aromatic carbocycles. The average molecular weight is 357 g/mol. The van der Waals surface area contributed by atoms with Gasteiger partial charge in [0, 0.05) is 38.2 Å². The van der Waals surface area contributed by atoms with E-state index in [0.29, 0.717) is 18.9 Å². The molecular weight excluding hydrogens is 330 g/mol. The number of nitrogens with zero attached hydrogens (tertiary/aromatic N) is 3. The fourth-order valence-corrected chi connectivity index (χ4v) is 3.58. The maximum absolute atomic E-state index is 12.1. The van der Waals surface area contributed by atoms with Crippen LogP contribution >= 0.6 is 0 Å². The van der Waals surface area contributed by atoms with Gasteiger partial charge in [0.1, 0.15) is 5.76 Å². The van der Waals surface area contributed by atoms with Crippen molar-refractivity contribution in [2.75, 3.05) is 26.8 Å². The van der Waals surface area contributed by atoms with E-state index in [4.69, 9.17) is 14.2 Å². The lowest BCUT2D eigenvalue weighted by Gasteiger charge is -2.32. The molecule has 1 aliphatic rings. The average Bonchev–Trinajstić information content (AvgIpc) is 3.07. The summed E-state index contributed by atoms with van der Waals surface area (Å²) in [4.78, 5) is 19.0. The standard InChI is InChI=1S/C20H27N3O3/c1-4-18-20(14(2)22-26-18)17-7-5-6-16(21-17)15-8-11-23(12-9-15)19(24)10-13-25-3/h5-7,15H,4,8-13H2,1-3H3. The van der Waals surface area contributed by atoms with E-state index >= 15 is 0 Å². The second-order valence-corrected chi connectivity index (χ2v) is 6.77. The van der Waals surface area contributed by atoms with E-state index in [9.17, 15) is 4.79 Å². The fraction of sp³-hybridized carbons (Fsp3) is 0.550. The molecule has 1 saturated heterocycles. The molecule has 0 saturated carbocycles. The third kappa shape index (κ3) is 3.96. The molecule has 0 radical (unpaired) electrons. The van der Waals surface area contributed by atoms with Gasteiger partial charge in [0.05, 0.1) is 30.0 Å². The maximum atomic E-state index is 12.1. The molecule has 26 heavy (non-hydrogen) atoms. The first-order valence-corrected chi connectivity index (χ1v) is 9.33. The molecule has 0 N–H and O–H groups in total. The van der Waals surface area contributed by atoms with E-state index < -0.39 is 0 Å². The number of methoxy groups -OCH3 is 1. The van der Waals surface area contributed by atoms with E-state index in [1.165, 1.54) is 0 Å². The van der Waals surface area contributed by atoms with Crippen LogP contribution in [0.5, 0.6) is 0 Å². The number of carbonyl (C=O) groups is 1. The highest BCUT2D eigenvalue weighted by atomic mass is 16.5. The third-order valence-electron chi connectivity index (χ3n) is 5.07. The molecule has 0 spiro atoms. The Bertz CT molecular complexity index is 749. The van der Waals surface area contributed by atoms with Gasteiger partial charge in [0.25, 0.3) is 0 Å². The third-order valence-corrected chi connectivity index (χ3v) is 5.07. The van der Waals surface area contributed by atoms with E-state index in [2.05, 4.69) is 24.2 Å². The van der Waals surface area contributed by atoms with Crippen molar-refractivity contribution in [2.45, 2.75) is 45.4 Å². The number of ether oxygens (including phenoxy) is 1. The Morgan fingerprint density at radius 2 is 2.12 bits per heavy atom. The summed E-state index contributed by atoms with van der Waals surface area (Å²) in [5, 5.41) is 4.09. The van der Waals surface area contributed by atoms with Crippen LogP contribution in [0.1, 0.15) is 49.3 Å². The van der Waals surface area contributed by atoms with Gasteiger partial charge in [-0.2, -0.15) is 0 Å². The number of amides is 1. The monoisotopic (exact) mass is 357 g/mol. The first kappa shape index (κ1) is 18.6. The summed E-state index contributed by atoms with van der Waals surface area (Å²) in [7, 11) is 1.62. The Morgan fingerprint density at radius 3 is 2.81 bits per heavy atom. The van der Waals surface area contributed by atoms with Gasteiger partial charge in [-0.05, 0) is 31.9 Å². The quantitative estimate of drug-likeness (QED) is 0.793. The number of aromatic nitrogens is 2. The van der Waals surface area contributed by atoms with E-state index in [1.807, 2.05) is 17.9 Å². The van der Waals surface area contributed by atoms with Gasteiger partial charge < -0.3 is 14.2 Å². The highest BCUT2D eigenvalue weighted by Gasteiger charge is 2.25. The van der Waals surface area contributed by atoms with Crippen molar-refractivity contribution in [1.29, 1.82) is 0 Å². The summed E-state index contributed by atoms with van der Waals surface area (Å²) in [6.07, 6.45) is 3.14. The van der Waals surface area contributed by atoms with Gasteiger partial charge in [-0.25, -0.2) is 0 Å². The highest BCUT2D eigenvalue weighted by Crippen LogP contribution is 2.31. The van der Waals surface area contributed by atoms with Crippen LogP contribution in [0.2, 0.25) is 0 Å². The predicted octanol–water partition coefficient (Wildman–Crippen LogP) is 3.35. The summed E-state index contributed by atoms with van der Waals surface area (Å²) in [6.45, 7) is 6.07. The summed E-state index contributed by atoms with van der Waals surface area (Å²) in [6, 6.07) is 6.16. The second kappa shape index (κ2) is 8.45. The number of pyridine rings is 1. The van der Waals surface area contributed by atoms with Crippen LogP contribution in [0.25, 0.3) is 11.3 Å². The van der Waals surface area contributed by atoms with Crippen molar-refractivity contribution in [1.82, 2.24) is 15.0 Å².